The van der Waals surface area contributed by atoms with Crippen molar-refractivity contribution in [1.29, 1.82) is 0 Å². The molecular weight excluding hydrogens is 330 g/mol. The second-order valence-electron chi connectivity index (χ2n) is 7.76. The summed E-state index contributed by atoms with van der Waals surface area (Å²) in [4.78, 5) is 9.60. The molecule has 0 bridgehead atoms. The first-order valence-corrected chi connectivity index (χ1v) is 9.64. The normalized spacial score (nSPS) is 23.0. The smallest absolute Gasteiger partial charge is 0.128 e. The van der Waals surface area contributed by atoms with E-state index in [2.05, 4.69) is 52.9 Å². The van der Waals surface area contributed by atoms with Gasteiger partial charge in [0.05, 0.1) is 0 Å². The van der Waals surface area contributed by atoms with E-state index in [1.807, 2.05) is 24.4 Å². The van der Waals surface area contributed by atoms with Crippen LogP contribution in [0.2, 0.25) is 5.02 Å². The van der Waals surface area contributed by atoms with Gasteiger partial charge in [-0.25, -0.2) is 4.98 Å². The summed E-state index contributed by atoms with van der Waals surface area (Å²) < 4.78 is 0. The van der Waals surface area contributed by atoms with E-state index in [0.29, 0.717) is 17.5 Å². The summed E-state index contributed by atoms with van der Waals surface area (Å²) in [7, 11) is 0. The molecule has 2 aromatic rings. The monoisotopic (exact) mass is 355 g/mol. The molecule has 1 atom stereocenters. The maximum atomic E-state index is 6.11. The first-order chi connectivity index (χ1) is 12.1. The van der Waals surface area contributed by atoms with Crippen LogP contribution < -0.4 is 4.90 Å². The zero-order chi connectivity index (χ0) is 17.4. The first kappa shape index (κ1) is 16.9. The molecular formula is C21H26ClN3. The Morgan fingerprint density at radius 3 is 2.40 bits per heavy atom. The number of pyridine rings is 1. The Kier molecular flexibility index (Phi) is 4.47. The Hall–Kier alpha value is -1.58. The van der Waals surface area contributed by atoms with Crippen molar-refractivity contribution in [2.45, 2.75) is 38.8 Å². The Morgan fingerprint density at radius 2 is 1.80 bits per heavy atom. The van der Waals surface area contributed by atoms with Gasteiger partial charge in [0.15, 0.2) is 0 Å². The lowest BCUT2D eigenvalue weighted by molar-refractivity contribution is -0.111. The molecule has 1 aromatic carbocycles. The van der Waals surface area contributed by atoms with Crippen LogP contribution >= 0.6 is 11.6 Å². The van der Waals surface area contributed by atoms with Gasteiger partial charge in [-0.15, -0.1) is 0 Å². The van der Waals surface area contributed by atoms with Crippen LogP contribution in [0.4, 0.5) is 5.82 Å². The van der Waals surface area contributed by atoms with Crippen LogP contribution in [-0.4, -0.2) is 35.6 Å². The molecule has 2 fully saturated rings. The van der Waals surface area contributed by atoms with E-state index in [0.717, 1.165) is 23.9 Å². The third kappa shape index (κ3) is 3.04. The highest BCUT2D eigenvalue weighted by Gasteiger charge is 2.54. The molecule has 1 unspecified atom stereocenters. The minimum atomic E-state index is 0.392. The molecule has 2 saturated heterocycles. The van der Waals surface area contributed by atoms with E-state index >= 15 is 0 Å². The lowest BCUT2D eigenvalue weighted by Gasteiger charge is -2.62. The van der Waals surface area contributed by atoms with E-state index in [1.54, 1.807) is 0 Å². The SMILES string of the molecule is CC(C)N1CC2(CCN(c3ccccn3)CC2)C1c1ccc(Cl)cc1. The van der Waals surface area contributed by atoms with Crippen LogP contribution in [0.25, 0.3) is 0 Å². The van der Waals surface area contributed by atoms with Crippen molar-refractivity contribution in [3.8, 4) is 0 Å². The van der Waals surface area contributed by atoms with Crippen LogP contribution in [-0.2, 0) is 0 Å². The fraction of sp³-hybridized carbons (Fsp3) is 0.476. The van der Waals surface area contributed by atoms with Crippen molar-refractivity contribution < 1.29 is 0 Å². The van der Waals surface area contributed by atoms with Crippen LogP contribution in [0, 0.1) is 5.41 Å². The fourth-order valence-electron chi connectivity index (χ4n) is 4.61. The summed E-state index contributed by atoms with van der Waals surface area (Å²) in [6, 6.07) is 15.8. The average Bonchev–Trinajstić information content (AvgIpc) is 2.62. The van der Waals surface area contributed by atoms with Crippen LogP contribution in [0.5, 0.6) is 0 Å². The summed E-state index contributed by atoms with van der Waals surface area (Å²) in [6.07, 6.45) is 4.33. The number of hydrogen-bond acceptors (Lipinski definition) is 3. The quantitative estimate of drug-likeness (QED) is 0.789. The second kappa shape index (κ2) is 6.62. The lowest BCUT2D eigenvalue weighted by Crippen LogP contribution is -2.63. The van der Waals surface area contributed by atoms with Crippen LogP contribution in [0.3, 0.4) is 0 Å². The maximum Gasteiger partial charge on any atom is 0.128 e. The molecule has 2 aliphatic heterocycles. The minimum Gasteiger partial charge on any atom is -0.357 e. The van der Waals surface area contributed by atoms with E-state index in [9.17, 15) is 0 Å². The molecule has 132 valence electrons. The molecule has 0 N–H and O–H groups in total. The Balaban J connectivity index is 1.54. The van der Waals surface area contributed by atoms with Gasteiger partial charge in [-0.3, -0.25) is 4.90 Å². The number of piperidine rings is 1. The van der Waals surface area contributed by atoms with Crippen molar-refractivity contribution in [3.05, 3.63) is 59.2 Å². The van der Waals surface area contributed by atoms with E-state index < -0.39 is 0 Å². The van der Waals surface area contributed by atoms with Gasteiger partial charge < -0.3 is 4.90 Å². The topological polar surface area (TPSA) is 19.4 Å². The largest absolute Gasteiger partial charge is 0.357 e. The summed E-state index contributed by atoms with van der Waals surface area (Å²) in [5.41, 5.74) is 1.80. The van der Waals surface area contributed by atoms with Gasteiger partial charge in [0.2, 0.25) is 0 Å². The highest BCUT2D eigenvalue weighted by Crippen LogP contribution is 2.55. The molecule has 3 heterocycles. The number of aromatic nitrogens is 1. The fourth-order valence-corrected chi connectivity index (χ4v) is 4.73. The van der Waals surface area contributed by atoms with Crippen molar-refractivity contribution in [2.75, 3.05) is 24.5 Å². The zero-order valence-electron chi connectivity index (χ0n) is 15.0. The summed E-state index contributed by atoms with van der Waals surface area (Å²) in [6.45, 7) is 7.99. The van der Waals surface area contributed by atoms with E-state index in [-0.39, 0.29) is 0 Å². The van der Waals surface area contributed by atoms with Crippen molar-refractivity contribution in [3.63, 3.8) is 0 Å². The van der Waals surface area contributed by atoms with Crippen LogP contribution in [0.15, 0.2) is 48.7 Å². The van der Waals surface area contributed by atoms with Gasteiger partial charge in [0.25, 0.3) is 0 Å². The maximum absolute atomic E-state index is 6.11. The summed E-state index contributed by atoms with van der Waals surface area (Å²) >= 11 is 6.11. The highest BCUT2D eigenvalue weighted by atomic mass is 35.5. The Morgan fingerprint density at radius 1 is 1.08 bits per heavy atom. The lowest BCUT2D eigenvalue weighted by atomic mass is 9.62. The molecule has 0 amide bonds. The van der Waals surface area contributed by atoms with E-state index in [4.69, 9.17) is 11.6 Å². The Bertz CT molecular complexity index is 706. The van der Waals surface area contributed by atoms with Gasteiger partial charge in [-0.1, -0.05) is 29.8 Å². The molecule has 2 aliphatic rings. The Labute approximate surface area is 155 Å². The van der Waals surface area contributed by atoms with Crippen molar-refractivity contribution in [2.24, 2.45) is 5.41 Å². The van der Waals surface area contributed by atoms with Crippen molar-refractivity contribution in [1.82, 2.24) is 9.88 Å². The molecule has 3 nitrogen and oxygen atoms in total. The second-order valence-corrected chi connectivity index (χ2v) is 8.19. The molecule has 4 rings (SSSR count). The molecule has 0 saturated carbocycles. The highest BCUT2D eigenvalue weighted by molar-refractivity contribution is 6.30. The average molecular weight is 356 g/mol. The third-order valence-electron chi connectivity index (χ3n) is 5.99. The van der Waals surface area contributed by atoms with Crippen LogP contribution in [0.1, 0.15) is 38.3 Å². The summed E-state index contributed by atoms with van der Waals surface area (Å²) in [5, 5.41) is 0.818. The molecule has 1 spiro atoms. The number of nitrogens with zero attached hydrogens (tertiary/aromatic N) is 3. The standard InChI is InChI=1S/C21H26ClN3/c1-16(2)25-15-21(20(25)17-6-8-18(22)9-7-17)10-13-24(14-11-21)19-5-3-4-12-23-19/h3-9,12,16,20H,10-11,13-15H2,1-2H3. The van der Waals surface area contributed by atoms with Gasteiger partial charge in [0, 0.05) is 48.4 Å². The van der Waals surface area contributed by atoms with Gasteiger partial charge in [-0.2, -0.15) is 0 Å². The molecule has 0 aliphatic carbocycles. The molecule has 1 aromatic heterocycles. The zero-order valence-corrected chi connectivity index (χ0v) is 15.8. The first-order valence-electron chi connectivity index (χ1n) is 9.26. The van der Waals surface area contributed by atoms with Crippen molar-refractivity contribution >= 4 is 17.4 Å². The minimum absolute atomic E-state index is 0.392. The third-order valence-corrected chi connectivity index (χ3v) is 6.24. The van der Waals surface area contributed by atoms with E-state index in [1.165, 1.54) is 24.9 Å². The summed E-state index contributed by atoms with van der Waals surface area (Å²) in [5.74, 6) is 1.11. The molecule has 0 radical (unpaired) electrons. The molecule has 25 heavy (non-hydrogen) atoms. The molecule has 4 heteroatoms. The number of likely N-dealkylation sites (tertiary alicyclic amines) is 1. The van der Waals surface area contributed by atoms with Gasteiger partial charge >= 0.3 is 0 Å². The number of benzene rings is 1. The number of hydrogen-bond donors (Lipinski definition) is 0. The number of rotatable bonds is 3. The predicted molar refractivity (Wildman–Crippen MR) is 104 cm³/mol. The number of halogens is 1. The van der Waals surface area contributed by atoms with Gasteiger partial charge in [0.1, 0.15) is 5.82 Å². The predicted octanol–water partition coefficient (Wildman–Crippen LogP) is 4.79. The number of anilines is 1. The van der Waals surface area contributed by atoms with Gasteiger partial charge in [-0.05, 0) is 56.5 Å².